The number of benzene rings is 1. The van der Waals surface area contributed by atoms with Gasteiger partial charge in [0.25, 0.3) is 0 Å². The summed E-state index contributed by atoms with van der Waals surface area (Å²) < 4.78 is 0. The van der Waals surface area contributed by atoms with Gasteiger partial charge in [-0.1, -0.05) is 13.0 Å². The molecule has 2 rings (SSSR count). The molecule has 1 aromatic carbocycles. The fourth-order valence-electron chi connectivity index (χ4n) is 2.59. The van der Waals surface area contributed by atoms with Gasteiger partial charge >= 0.3 is 0 Å². The molecule has 0 bridgehead atoms. The first kappa shape index (κ1) is 14.1. The number of nitrogens with one attached hydrogen (secondary N) is 2. The minimum atomic E-state index is -0.899. The maximum atomic E-state index is 12.2. The highest BCUT2D eigenvalue weighted by Crippen LogP contribution is 2.45. The van der Waals surface area contributed by atoms with Crippen LogP contribution in [0.15, 0.2) is 24.3 Å². The zero-order valence-electron chi connectivity index (χ0n) is 11.6. The topological polar surface area (TPSA) is 82.0 Å². The van der Waals surface area contributed by atoms with Crippen LogP contribution in [-0.4, -0.2) is 11.8 Å². The smallest absolute Gasteiger partial charge is 0.244 e. The summed E-state index contributed by atoms with van der Waals surface area (Å²) in [7, 11) is 0. The zero-order chi connectivity index (χ0) is 14.8. The molecular weight excluding hydrogens is 254 g/mol. The van der Waals surface area contributed by atoms with E-state index in [0.29, 0.717) is 30.1 Å². The van der Waals surface area contributed by atoms with Crippen LogP contribution in [0.1, 0.15) is 26.7 Å². The first-order chi connectivity index (χ1) is 9.45. The van der Waals surface area contributed by atoms with E-state index in [2.05, 4.69) is 16.7 Å². The van der Waals surface area contributed by atoms with Crippen LogP contribution >= 0.6 is 0 Å². The number of rotatable bonds is 3. The standard InChI is InChI=1S/C15H17N3O2/c1-10-7-15(8-10,9-16)14(20)18-13-5-3-4-12(6-13)17-11(2)19/h3-6,10H,7-8H2,1-2H3,(H,17,19)(H,18,20). The molecule has 2 N–H and O–H groups in total. The molecule has 20 heavy (non-hydrogen) atoms. The number of carbonyl (C=O) groups is 2. The number of carbonyl (C=O) groups excluding carboxylic acids is 2. The van der Waals surface area contributed by atoms with Crippen LogP contribution in [-0.2, 0) is 9.59 Å². The van der Waals surface area contributed by atoms with Crippen LogP contribution < -0.4 is 10.6 Å². The lowest BCUT2D eigenvalue weighted by atomic mass is 9.63. The number of nitriles is 1. The lowest BCUT2D eigenvalue weighted by Gasteiger charge is -2.39. The van der Waals surface area contributed by atoms with Crippen molar-refractivity contribution in [1.29, 1.82) is 5.26 Å². The number of amides is 2. The van der Waals surface area contributed by atoms with Crippen molar-refractivity contribution in [1.82, 2.24) is 0 Å². The van der Waals surface area contributed by atoms with Gasteiger partial charge in [0, 0.05) is 18.3 Å². The second-order valence-electron chi connectivity index (χ2n) is 5.42. The minimum Gasteiger partial charge on any atom is -0.326 e. The second-order valence-corrected chi connectivity index (χ2v) is 5.42. The molecule has 5 heteroatoms. The predicted molar refractivity (Wildman–Crippen MR) is 75.8 cm³/mol. The highest BCUT2D eigenvalue weighted by molar-refractivity contribution is 5.98. The average molecular weight is 271 g/mol. The second kappa shape index (κ2) is 5.33. The van der Waals surface area contributed by atoms with Gasteiger partial charge in [0.05, 0.1) is 6.07 Å². The van der Waals surface area contributed by atoms with Crippen LogP contribution in [0, 0.1) is 22.7 Å². The van der Waals surface area contributed by atoms with Gasteiger partial charge in [0.1, 0.15) is 5.41 Å². The van der Waals surface area contributed by atoms with E-state index in [1.165, 1.54) is 6.92 Å². The fraction of sp³-hybridized carbons (Fsp3) is 0.400. The zero-order valence-corrected chi connectivity index (χ0v) is 11.6. The average Bonchev–Trinajstić information content (AvgIpc) is 2.34. The van der Waals surface area contributed by atoms with Crippen molar-refractivity contribution in [3.8, 4) is 6.07 Å². The molecular formula is C15H17N3O2. The molecule has 1 saturated carbocycles. The van der Waals surface area contributed by atoms with E-state index in [9.17, 15) is 14.9 Å². The summed E-state index contributed by atoms with van der Waals surface area (Å²) in [6.45, 7) is 3.45. The van der Waals surface area contributed by atoms with Crippen LogP contribution in [0.4, 0.5) is 11.4 Å². The maximum absolute atomic E-state index is 12.2. The van der Waals surface area contributed by atoms with Gasteiger partial charge in [0.15, 0.2) is 0 Å². The third kappa shape index (κ3) is 2.80. The van der Waals surface area contributed by atoms with E-state index in [1.54, 1.807) is 24.3 Å². The van der Waals surface area contributed by atoms with Crippen molar-refractivity contribution in [3.63, 3.8) is 0 Å². The van der Waals surface area contributed by atoms with Crippen molar-refractivity contribution in [2.75, 3.05) is 10.6 Å². The Labute approximate surface area is 118 Å². The predicted octanol–water partition coefficient (Wildman–Crippen LogP) is 2.52. The molecule has 1 fully saturated rings. The third-order valence-electron chi connectivity index (χ3n) is 3.48. The van der Waals surface area contributed by atoms with Gasteiger partial charge in [-0.15, -0.1) is 0 Å². The number of nitrogens with zero attached hydrogens (tertiary/aromatic N) is 1. The minimum absolute atomic E-state index is 0.171. The summed E-state index contributed by atoms with van der Waals surface area (Å²) in [5, 5.41) is 14.6. The van der Waals surface area contributed by atoms with E-state index >= 15 is 0 Å². The van der Waals surface area contributed by atoms with Gasteiger partial charge in [-0.25, -0.2) is 0 Å². The molecule has 0 aliphatic heterocycles. The highest BCUT2D eigenvalue weighted by atomic mass is 16.2. The molecule has 1 aromatic rings. The molecule has 1 aliphatic rings. The van der Waals surface area contributed by atoms with E-state index in [-0.39, 0.29) is 11.8 Å². The first-order valence-corrected chi connectivity index (χ1v) is 6.55. The Morgan fingerprint density at radius 1 is 1.30 bits per heavy atom. The summed E-state index contributed by atoms with van der Waals surface area (Å²) >= 11 is 0. The van der Waals surface area contributed by atoms with Crippen molar-refractivity contribution in [2.24, 2.45) is 11.3 Å². The summed E-state index contributed by atoms with van der Waals surface area (Å²) in [4.78, 5) is 23.2. The Morgan fingerprint density at radius 2 is 1.90 bits per heavy atom. The van der Waals surface area contributed by atoms with Crippen molar-refractivity contribution in [3.05, 3.63) is 24.3 Å². The van der Waals surface area contributed by atoms with Crippen LogP contribution in [0.5, 0.6) is 0 Å². The molecule has 2 amide bonds. The molecule has 5 nitrogen and oxygen atoms in total. The summed E-state index contributed by atoms with van der Waals surface area (Å²) in [6, 6.07) is 9.01. The summed E-state index contributed by atoms with van der Waals surface area (Å²) in [5.74, 6) is -0.0287. The molecule has 0 unspecified atom stereocenters. The quantitative estimate of drug-likeness (QED) is 0.886. The van der Waals surface area contributed by atoms with Crippen LogP contribution in [0.25, 0.3) is 0 Å². The maximum Gasteiger partial charge on any atom is 0.244 e. The Kier molecular flexibility index (Phi) is 3.75. The van der Waals surface area contributed by atoms with E-state index < -0.39 is 5.41 Å². The van der Waals surface area contributed by atoms with Gasteiger partial charge in [0.2, 0.25) is 11.8 Å². The van der Waals surface area contributed by atoms with Crippen molar-refractivity contribution < 1.29 is 9.59 Å². The van der Waals surface area contributed by atoms with Gasteiger partial charge in [-0.3, -0.25) is 9.59 Å². The largest absolute Gasteiger partial charge is 0.326 e. The molecule has 0 atom stereocenters. The highest BCUT2D eigenvalue weighted by Gasteiger charge is 2.48. The Balaban J connectivity index is 2.08. The molecule has 104 valence electrons. The molecule has 1 aliphatic carbocycles. The van der Waals surface area contributed by atoms with Gasteiger partial charge < -0.3 is 10.6 Å². The Morgan fingerprint density at radius 3 is 2.40 bits per heavy atom. The monoisotopic (exact) mass is 271 g/mol. The van der Waals surface area contributed by atoms with E-state index in [0.717, 1.165) is 0 Å². The van der Waals surface area contributed by atoms with Crippen LogP contribution in [0.3, 0.4) is 0 Å². The molecule has 0 radical (unpaired) electrons. The Hall–Kier alpha value is -2.35. The number of hydrogen-bond acceptors (Lipinski definition) is 3. The lowest BCUT2D eigenvalue weighted by molar-refractivity contribution is -0.128. The van der Waals surface area contributed by atoms with E-state index in [1.807, 2.05) is 6.92 Å². The van der Waals surface area contributed by atoms with Gasteiger partial charge in [-0.05, 0) is 37.0 Å². The normalized spacial score (nSPS) is 24.1. The third-order valence-corrected chi connectivity index (χ3v) is 3.48. The Bertz CT molecular complexity index is 583. The lowest BCUT2D eigenvalue weighted by Crippen LogP contribution is -2.45. The molecule has 0 spiro atoms. The fourth-order valence-corrected chi connectivity index (χ4v) is 2.59. The molecule has 0 heterocycles. The van der Waals surface area contributed by atoms with E-state index in [4.69, 9.17) is 0 Å². The van der Waals surface area contributed by atoms with Crippen LogP contribution in [0.2, 0.25) is 0 Å². The molecule has 0 aromatic heterocycles. The summed E-state index contributed by atoms with van der Waals surface area (Å²) in [6.07, 6.45) is 1.20. The SMILES string of the molecule is CC(=O)Nc1cccc(NC(=O)C2(C#N)CC(C)C2)c1. The molecule has 0 saturated heterocycles. The van der Waals surface area contributed by atoms with Gasteiger partial charge in [-0.2, -0.15) is 5.26 Å². The summed E-state index contributed by atoms with van der Waals surface area (Å²) in [5.41, 5.74) is 0.294. The van der Waals surface area contributed by atoms with Crippen molar-refractivity contribution in [2.45, 2.75) is 26.7 Å². The number of hydrogen-bond donors (Lipinski definition) is 2. The van der Waals surface area contributed by atoms with Crippen molar-refractivity contribution >= 4 is 23.2 Å². The number of anilines is 2. The first-order valence-electron chi connectivity index (χ1n) is 6.55.